The maximum Gasteiger partial charge on any atom is 0.419 e. The van der Waals surface area contributed by atoms with Gasteiger partial charge >= 0.3 is 11.7 Å². The van der Waals surface area contributed by atoms with Crippen LogP contribution in [0.15, 0.2) is 57.7 Å². The molecule has 1 aromatic heterocycles. The molecule has 0 bridgehead atoms. The fraction of sp³-hybridized carbons (Fsp3) is 0.250. The molecule has 0 unspecified atom stereocenters. The Balaban J connectivity index is 1.60. The van der Waals surface area contributed by atoms with Crippen molar-refractivity contribution < 1.29 is 23.5 Å². The molecule has 1 atom stereocenters. The third-order valence-corrected chi connectivity index (χ3v) is 4.17. The highest BCUT2D eigenvalue weighted by Gasteiger charge is 2.20. The number of ketones is 1. The Hall–Kier alpha value is -3.35. The Bertz CT molecular complexity index is 1010. The summed E-state index contributed by atoms with van der Waals surface area (Å²) in [5.74, 6) is -0.779. The molecule has 0 aliphatic carbocycles. The Kier molecular flexibility index (Phi) is 5.40. The number of methoxy groups -OCH3 is 1. The first-order chi connectivity index (χ1) is 13.0. The zero-order chi connectivity index (χ0) is 19.4. The van der Waals surface area contributed by atoms with Gasteiger partial charge in [0.05, 0.1) is 19.0 Å². The molecule has 27 heavy (non-hydrogen) atoms. The summed E-state index contributed by atoms with van der Waals surface area (Å²) in [4.78, 5) is 36.3. The molecule has 0 fully saturated rings. The number of hydrogen-bond acceptors (Lipinski definition) is 6. The van der Waals surface area contributed by atoms with Gasteiger partial charge in [-0.3, -0.25) is 14.2 Å². The Labute approximate surface area is 155 Å². The van der Waals surface area contributed by atoms with Gasteiger partial charge in [-0.1, -0.05) is 12.1 Å². The fourth-order valence-electron chi connectivity index (χ4n) is 2.73. The van der Waals surface area contributed by atoms with Gasteiger partial charge in [-0.2, -0.15) is 0 Å². The number of aryl methyl sites for hydroxylation is 1. The van der Waals surface area contributed by atoms with Crippen molar-refractivity contribution >= 4 is 22.9 Å². The summed E-state index contributed by atoms with van der Waals surface area (Å²) in [5, 5.41) is 0. The second kappa shape index (κ2) is 7.90. The number of rotatable bonds is 7. The van der Waals surface area contributed by atoms with Crippen molar-refractivity contribution in [2.45, 2.75) is 26.0 Å². The van der Waals surface area contributed by atoms with Crippen LogP contribution in [0.25, 0.3) is 11.1 Å². The number of carbonyl (C=O) groups excluding carboxylic acids is 2. The molecule has 0 amide bonds. The molecule has 1 heterocycles. The van der Waals surface area contributed by atoms with E-state index in [1.54, 1.807) is 48.5 Å². The summed E-state index contributed by atoms with van der Waals surface area (Å²) in [6.45, 7) is 1.63. The minimum atomic E-state index is -0.927. The topological polar surface area (TPSA) is 87.7 Å². The lowest BCUT2D eigenvalue weighted by atomic mass is 10.1. The first-order valence-electron chi connectivity index (χ1n) is 8.45. The first kappa shape index (κ1) is 18.4. The maximum atomic E-state index is 12.4. The minimum Gasteiger partial charge on any atom is -0.497 e. The third kappa shape index (κ3) is 4.08. The van der Waals surface area contributed by atoms with Gasteiger partial charge in [0, 0.05) is 12.1 Å². The van der Waals surface area contributed by atoms with Crippen molar-refractivity contribution in [3.05, 3.63) is 64.6 Å². The fourth-order valence-corrected chi connectivity index (χ4v) is 2.73. The predicted molar refractivity (Wildman–Crippen MR) is 98.0 cm³/mol. The van der Waals surface area contributed by atoms with Gasteiger partial charge in [-0.25, -0.2) is 4.79 Å². The lowest BCUT2D eigenvalue weighted by Gasteiger charge is -2.12. The largest absolute Gasteiger partial charge is 0.497 e. The summed E-state index contributed by atoms with van der Waals surface area (Å²) in [6, 6.07) is 13.5. The van der Waals surface area contributed by atoms with E-state index in [4.69, 9.17) is 13.9 Å². The van der Waals surface area contributed by atoms with Crippen molar-refractivity contribution in [1.29, 1.82) is 0 Å². The van der Waals surface area contributed by atoms with E-state index in [1.165, 1.54) is 18.6 Å². The van der Waals surface area contributed by atoms with Crippen LogP contribution in [0.1, 0.15) is 23.7 Å². The molecule has 3 aromatic rings. The summed E-state index contributed by atoms with van der Waals surface area (Å²) in [5.41, 5.74) is 1.49. The normalized spacial score (nSPS) is 11.9. The van der Waals surface area contributed by atoms with E-state index in [0.717, 1.165) is 0 Å². The van der Waals surface area contributed by atoms with Crippen LogP contribution in [0.4, 0.5) is 0 Å². The molecule has 0 saturated carbocycles. The van der Waals surface area contributed by atoms with Crippen LogP contribution in [-0.2, 0) is 16.1 Å². The minimum absolute atomic E-state index is 0.0519. The SMILES string of the molecule is COc1ccc(C(=O)[C@@H](C)OC(=O)CCn2c(=O)oc3ccccc32)cc1. The van der Waals surface area contributed by atoms with E-state index in [9.17, 15) is 14.4 Å². The molecule has 0 aliphatic heterocycles. The van der Waals surface area contributed by atoms with E-state index in [-0.39, 0.29) is 18.7 Å². The van der Waals surface area contributed by atoms with Gasteiger partial charge in [0.2, 0.25) is 5.78 Å². The van der Waals surface area contributed by atoms with Crippen LogP contribution in [0.3, 0.4) is 0 Å². The highest BCUT2D eigenvalue weighted by atomic mass is 16.5. The summed E-state index contributed by atoms with van der Waals surface area (Å²) in [7, 11) is 1.54. The van der Waals surface area contributed by atoms with Gasteiger partial charge in [-0.05, 0) is 43.3 Å². The Morgan fingerprint density at radius 2 is 1.81 bits per heavy atom. The predicted octanol–water partition coefficient (Wildman–Crippen LogP) is 2.81. The van der Waals surface area contributed by atoms with Crippen LogP contribution in [0.2, 0.25) is 0 Å². The number of hydrogen-bond donors (Lipinski definition) is 0. The number of Topliss-reactive ketones (excluding diaryl/α,β-unsaturated/α-hetero) is 1. The highest BCUT2D eigenvalue weighted by Crippen LogP contribution is 2.15. The smallest absolute Gasteiger partial charge is 0.419 e. The lowest BCUT2D eigenvalue weighted by molar-refractivity contribution is -0.146. The molecule has 0 spiro atoms. The average Bonchev–Trinajstić information content (AvgIpc) is 3.00. The quantitative estimate of drug-likeness (QED) is 0.470. The lowest BCUT2D eigenvalue weighted by Crippen LogP contribution is -2.25. The van der Waals surface area contributed by atoms with E-state index in [2.05, 4.69) is 0 Å². The Morgan fingerprint density at radius 1 is 1.11 bits per heavy atom. The van der Waals surface area contributed by atoms with Gasteiger partial charge in [0.15, 0.2) is 11.7 Å². The molecular weight excluding hydrogens is 350 g/mol. The second-order valence-corrected chi connectivity index (χ2v) is 5.96. The molecule has 140 valence electrons. The summed E-state index contributed by atoms with van der Waals surface area (Å²) >= 11 is 0. The average molecular weight is 369 g/mol. The number of carbonyl (C=O) groups is 2. The van der Waals surface area contributed by atoms with Crippen molar-refractivity contribution in [2.75, 3.05) is 7.11 Å². The van der Waals surface area contributed by atoms with E-state index < -0.39 is 17.8 Å². The van der Waals surface area contributed by atoms with Crippen molar-refractivity contribution in [2.24, 2.45) is 0 Å². The summed E-state index contributed by atoms with van der Waals surface area (Å²) in [6.07, 6.45) is -0.979. The molecule has 7 heteroatoms. The first-order valence-corrected chi connectivity index (χ1v) is 8.45. The molecule has 0 radical (unpaired) electrons. The number of benzene rings is 2. The van der Waals surface area contributed by atoms with Crippen molar-refractivity contribution in [3.8, 4) is 5.75 Å². The van der Waals surface area contributed by atoms with Crippen LogP contribution in [0, 0.1) is 0 Å². The van der Waals surface area contributed by atoms with Crippen LogP contribution in [-0.4, -0.2) is 29.5 Å². The van der Waals surface area contributed by atoms with Crippen molar-refractivity contribution in [3.63, 3.8) is 0 Å². The molecule has 2 aromatic carbocycles. The molecule has 0 saturated heterocycles. The summed E-state index contributed by atoms with van der Waals surface area (Å²) < 4.78 is 16.7. The monoisotopic (exact) mass is 369 g/mol. The zero-order valence-corrected chi connectivity index (χ0v) is 15.0. The zero-order valence-electron chi connectivity index (χ0n) is 15.0. The number of ether oxygens (including phenoxy) is 2. The number of aromatic nitrogens is 1. The third-order valence-electron chi connectivity index (χ3n) is 4.17. The van der Waals surface area contributed by atoms with Gasteiger partial charge in [0.25, 0.3) is 0 Å². The molecule has 3 rings (SSSR count). The van der Waals surface area contributed by atoms with Crippen molar-refractivity contribution in [1.82, 2.24) is 4.57 Å². The number of fused-ring (bicyclic) bond motifs is 1. The van der Waals surface area contributed by atoms with Crippen LogP contribution in [0.5, 0.6) is 5.75 Å². The standard InChI is InChI=1S/C20H19NO6/c1-13(19(23)14-7-9-15(25-2)10-8-14)26-18(22)11-12-21-16-5-3-4-6-17(16)27-20(21)24/h3-10,13H,11-12H2,1-2H3/t13-/m1/s1. The van der Waals surface area contributed by atoms with Gasteiger partial charge < -0.3 is 13.9 Å². The Morgan fingerprint density at radius 3 is 2.52 bits per heavy atom. The molecule has 0 aliphatic rings. The molecule has 0 N–H and O–H groups in total. The van der Waals surface area contributed by atoms with Crippen LogP contribution < -0.4 is 10.5 Å². The number of para-hydroxylation sites is 2. The number of nitrogens with zero attached hydrogens (tertiary/aromatic N) is 1. The van der Waals surface area contributed by atoms with E-state index >= 15 is 0 Å². The van der Waals surface area contributed by atoms with Gasteiger partial charge in [-0.15, -0.1) is 0 Å². The van der Waals surface area contributed by atoms with Gasteiger partial charge in [0.1, 0.15) is 5.75 Å². The molecular formula is C20H19NO6. The highest BCUT2D eigenvalue weighted by molar-refractivity contribution is 6.00. The number of oxazole rings is 1. The van der Waals surface area contributed by atoms with E-state index in [1.807, 2.05) is 0 Å². The van der Waals surface area contributed by atoms with Crippen LogP contribution >= 0.6 is 0 Å². The number of esters is 1. The van der Waals surface area contributed by atoms with E-state index in [0.29, 0.717) is 22.4 Å². The maximum absolute atomic E-state index is 12.4. The second-order valence-electron chi connectivity index (χ2n) is 5.96. The molecule has 7 nitrogen and oxygen atoms in total.